The lowest BCUT2D eigenvalue weighted by Crippen LogP contribution is -2.55. The molecule has 1 aromatic carbocycles. The Bertz CT molecular complexity index is 884. The van der Waals surface area contributed by atoms with E-state index in [2.05, 4.69) is 20.4 Å². The quantitative estimate of drug-likeness (QED) is 0.416. The number of benzene rings is 1. The molecule has 2 aromatic rings. The molecule has 0 saturated heterocycles. The van der Waals surface area contributed by atoms with Crippen LogP contribution >= 0.6 is 0 Å². The van der Waals surface area contributed by atoms with Crippen molar-refractivity contribution in [1.82, 2.24) is 10.6 Å². The summed E-state index contributed by atoms with van der Waals surface area (Å²) in [6.07, 6.45) is -2.55. The molecule has 10 heteroatoms. The highest BCUT2D eigenvalue weighted by Gasteiger charge is 2.40. The van der Waals surface area contributed by atoms with Crippen molar-refractivity contribution in [2.24, 2.45) is 5.73 Å². The van der Waals surface area contributed by atoms with Crippen LogP contribution in [0.2, 0.25) is 0 Å². The van der Waals surface area contributed by atoms with Gasteiger partial charge in [-0.3, -0.25) is 10.1 Å². The molecule has 0 bridgehead atoms. The summed E-state index contributed by atoms with van der Waals surface area (Å²) in [5.41, 5.74) is 5.74. The Morgan fingerprint density at radius 1 is 1.27 bits per heavy atom. The minimum absolute atomic E-state index is 0.00451. The van der Waals surface area contributed by atoms with Gasteiger partial charge in [0.2, 0.25) is 5.76 Å². The van der Waals surface area contributed by atoms with Crippen LogP contribution in [0.1, 0.15) is 47.6 Å². The standard InChI is InChI=1S/C20H24F4N4O2/c1-11-8-16(17(30-11)20(22,23)24)18(29)28-19(26-14-6-2-4-12(21)9-14)27-15-7-3-5-13(25)10-15/h2,4,6,8-9,13,15,19,26-27H,3,5,7,10,25H2,1H3,(H,28,29). The van der Waals surface area contributed by atoms with E-state index < -0.39 is 35.5 Å². The van der Waals surface area contributed by atoms with Crippen molar-refractivity contribution < 1.29 is 26.8 Å². The van der Waals surface area contributed by atoms with E-state index in [4.69, 9.17) is 5.73 Å². The monoisotopic (exact) mass is 428 g/mol. The Labute approximate surface area is 171 Å². The summed E-state index contributed by atoms with van der Waals surface area (Å²) in [6, 6.07) is 6.51. The number of carbonyl (C=O) groups excluding carboxylic acids is 1. The maximum Gasteiger partial charge on any atom is 0.450 e. The fourth-order valence-corrected chi connectivity index (χ4v) is 3.58. The second-order valence-electron chi connectivity index (χ2n) is 7.45. The highest BCUT2D eigenvalue weighted by Crippen LogP contribution is 2.34. The number of carbonyl (C=O) groups is 1. The van der Waals surface area contributed by atoms with Gasteiger partial charge in [0.25, 0.3) is 5.91 Å². The van der Waals surface area contributed by atoms with Gasteiger partial charge in [-0.05, 0) is 50.5 Å². The number of furan rings is 1. The summed E-state index contributed by atoms with van der Waals surface area (Å²) >= 11 is 0. The highest BCUT2D eigenvalue weighted by atomic mass is 19.4. The molecule has 1 amide bonds. The number of aryl methyl sites for hydroxylation is 1. The first-order valence-electron chi connectivity index (χ1n) is 9.64. The third-order valence-corrected chi connectivity index (χ3v) is 4.89. The van der Waals surface area contributed by atoms with Crippen LogP contribution in [0.4, 0.5) is 23.2 Å². The molecule has 3 atom stereocenters. The molecule has 0 radical (unpaired) electrons. The average molecular weight is 428 g/mol. The summed E-state index contributed by atoms with van der Waals surface area (Å²) < 4.78 is 57.8. The molecular formula is C20H24F4N4O2. The van der Waals surface area contributed by atoms with Crippen LogP contribution in [0.3, 0.4) is 0 Å². The van der Waals surface area contributed by atoms with E-state index in [0.29, 0.717) is 12.1 Å². The SMILES string of the molecule is Cc1cc(C(=O)NC(Nc2cccc(F)c2)NC2CCCC(N)C2)c(C(F)(F)F)o1. The lowest BCUT2D eigenvalue weighted by atomic mass is 9.92. The Kier molecular flexibility index (Phi) is 6.67. The maximum absolute atomic E-state index is 13.5. The topological polar surface area (TPSA) is 92.3 Å². The Hall–Kier alpha value is -2.59. The molecule has 30 heavy (non-hydrogen) atoms. The number of alkyl halides is 3. The molecule has 164 valence electrons. The molecule has 0 spiro atoms. The van der Waals surface area contributed by atoms with Crippen LogP contribution in [0.5, 0.6) is 0 Å². The zero-order valence-electron chi connectivity index (χ0n) is 16.4. The van der Waals surface area contributed by atoms with Crippen molar-refractivity contribution in [1.29, 1.82) is 0 Å². The van der Waals surface area contributed by atoms with E-state index in [1.165, 1.54) is 25.1 Å². The molecule has 1 fully saturated rings. The van der Waals surface area contributed by atoms with E-state index >= 15 is 0 Å². The first-order valence-corrected chi connectivity index (χ1v) is 9.64. The summed E-state index contributed by atoms with van der Waals surface area (Å²) in [7, 11) is 0. The minimum Gasteiger partial charge on any atom is -0.456 e. The van der Waals surface area contributed by atoms with Crippen molar-refractivity contribution >= 4 is 11.6 Å². The Balaban J connectivity index is 1.80. The Morgan fingerprint density at radius 3 is 2.70 bits per heavy atom. The zero-order chi connectivity index (χ0) is 21.9. The number of amides is 1. The molecule has 3 rings (SSSR count). The van der Waals surface area contributed by atoms with Crippen molar-refractivity contribution in [2.45, 2.75) is 57.2 Å². The highest BCUT2D eigenvalue weighted by molar-refractivity contribution is 5.95. The molecule has 1 aliphatic carbocycles. The van der Waals surface area contributed by atoms with E-state index in [-0.39, 0.29) is 17.8 Å². The number of halogens is 4. The predicted molar refractivity (Wildman–Crippen MR) is 103 cm³/mol. The van der Waals surface area contributed by atoms with Gasteiger partial charge in [-0.1, -0.05) is 12.5 Å². The smallest absolute Gasteiger partial charge is 0.450 e. The molecule has 1 heterocycles. The van der Waals surface area contributed by atoms with Gasteiger partial charge >= 0.3 is 6.18 Å². The normalized spacial score (nSPS) is 20.6. The van der Waals surface area contributed by atoms with Crippen LogP contribution in [0.15, 0.2) is 34.7 Å². The van der Waals surface area contributed by atoms with E-state index in [1.807, 2.05) is 0 Å². The molecular weight excluding hydrogens is 404 g/mol. The van der Waals surface area contributed by atoms with Gasteiger partial charge in [-0.2, -0.15) is 13.2 Å². The third-order valence-electron chi connectivity index (χ3n) is 4.89. The zero-order valence-corrected chi connectivity index (χ0v) is 16.4. The molecule has 5 N–H and O–H groups in total. The van der Waals surface area contributed by atoms with Gasteiger partial charge in [0.1, 0.15) is 11.6 Å². The van der Waals surface area contributed by atoms with Crippen LogP contribution in [0.25, 0.3) is 0 Å². The summed E-state index contributed by atoms with van der Waals surface area (Å²) in [4.78, 5) is 12.6. The summed E-state index contributed by atoms with van der Waals surface area (Å²) in [6.45, 7) is 1.33. The van der Waals surface area contributed by atoms with Gasteiger partial charge in [0.15, 0.2) is 6.29 Å². The molecule has 3 unspecified atom stereocenters. The van der Waals surface area contributed by atoms with Crippen LogP contribution in [0, 0.1) is 12.7 Å². The van der Waals surface area contributed by atoms with Crippen molar-refractivity contribution in [2.75, 3.05) is 5.32 Å². The van der Waals surface area contributed by atoms with Crippen LogP contribution in [-0.4, -0.2) is 24.3 Å². The second kappa shape index (κ2) is 9.05. The molecule has 1 aliphatic rings. The predicted octanol–water partition coefficient (Wildman–Crippen LogP) is 3.73. The number of nitrogens with one attached hydrogen (secondary N) is 3. The average Bonchev–Trinajstić information content (AvgIpc) is 3.04. The minimum atomic E-state index is -4.81. The van der Waals surface area contributed by atoms with E-state index in [9.17, 15) is 22.4 Å². The number of anilines is 1. The van der Waals surface area contributed by atoms with Crippen LogP contribution < -0.4 is 21.7 Å². The number of nitrogens with two attached hydrogens (primary N) is 1. The fourth-order valence-electron chi connectivity index (χ4n) is 3.58. The van der Waals surface area contributed by atoms with Crippen molar-refractivity contribution in [3.8, 4) is 0 Å². The second-order valence-corrected chi connectivity index (χ2v) is 7.45. The largest absolute Gasteiger partial charge is 0.456 e. The van der Waals surface area contributed by atoms with Gasteiger partial charge < -0.3 is 20.8 Å². The van der Waals surface area contributed by atoms with Crippen LogP contribution in [-0.2, 0) is 6.18 Å². The number of hydrogen-bond acceptors (Lipinski definition) is 5. The van der Waals surface area contributed by atoms with Gasteiger partial charge in [0, 0.05) is 17.8 Å². The van der Waals surface area contributed by atoms with Gasteiger partial charge in [-0.25, -0.2) is 4.39 Å². The lowest BCUT2D eigenvalue weighted by Gasteiger charge is -2.32. The van der Waals surface area contributed by atoms with Gasteiger partial charge in [-0.15, -0.1) is 0 Å². The fraction of sp³-hybridized carbons (Fsp3) is 0.450. The summed E-state index contributed by atoms with van der Waals surface area (Å²) in [5.74, 6) is -2.86. The molecule has 1 saturated carbocycles. The Morgan fingerprint density at radius 2 is 2.03 bits per heavy atom. The van der Waals surface area contributed by atoms with Gasteiger partial charge in [0.05, 0.1) is 5.56 Å². The molecule has 1 aromatic heterocycles. The molecule has 0 aliphatic heterocycles. The molecule has 6 nitrogen and oxygen atoms in total. The van der Waals surface area contributed by atoms with Crippen molar-refractivity contribution in [3.63, 3.8) is 0 Å². The first-order chi connectivity index (χ1) is 14.1. The first kappa shape index (κ1) is 22.1. The van der Waals surface area contributed by atoms with E-state index in [1.54, 1.807) is 6.07 Å². The maximum atomic E-state index is 13.5. The van der Waals surface area contributed by atoms with Crippen molar-refractivity contribution in [3.05, 3.63) is 53.2 Å². The number of hydrogen-bond donors (Lipinski definition) is 4. The van der Waals surface area contributed by atoms with E-state index in [0.717, 1.165) is 25.3 Å². The third kappa shape index (κ3) is 5.73. The lowest BCUT2D eigenvalue weighted by molar-refractivity contribution is -0.153. The summed E-state index contributed by atoms with van der Waals surface area (Å²) in [5, 5.41) is 8.58. The number of rotatable bonds is 6.